The first kappa shape index (κ1) is 23.6. The van der Waals surface area contributed by atoms with Crippen molar-refractivity contribution in [1.82, 2.24) is 24.7 Å². The van der Waals surface area contributed by atoms with Crippen molar-refractivity contribution in [3.8, 4) is 28.7 Å². The number of morpholine rings is 2. The molecule has 0 N–H and O–H groups in total. The fourth-order valence-corrected chi connectivity index (χ4v) is 4.56. The first-order valence-electron chi connectivity index (χ1n) is 11.5. The van der Waals surface area contributed by atoms with Crippen LogP contribution in [0.1, 0.15) is 0 Å². The van der Waals surface area contributed by atoms with E-state index >= 15 is 0 Å². The van der Waals surface area contributed by atoms with Crippen molar-refractivity contribution in [3.63, 3.8) is 0 Å². The van der Waals surface area contributed by atoms with Gasteiger partial charge in [-0.15, -0.1) is 11.8 Å². The van der Waals surface area contributed by atoms with Gasteiger partial charge >= 0.3 is 0 Å². The van der Waals surface area contributed by atoms with Gasteiger partial charge in [-0.25, -0.2) is 0 Å². The van der Waals surface area contributed by atoms with E-state index in [0.717, 1.165) is 42.5 Å². The van der Waals surface area contributed by atoms with Crippen LogP contribution in [0.2, 0.25) is 0 Å². The zero-order valence-corrected chi connectivity index (χ0v) is 21.0. The second-order valence-corrected chi connectivity index (χ2v) is 8.81. The SMILES string of the molecule is COc1ccc(-c2cc(SC)n(-c3nc(N4CCOCC4)nc(N4CCOCC4)n3)n2)cc1OC. The van der Waals surface area contributed by atoms with Gasteiger partial charge in [0.1, 0.15) is 5.03 Å². The normalized spacial score (nSPS) is 16.4. The summed E-state index contributed by atoms with van der Waals surface area (Å²) in [7, 11) is 3.25. The predicted octanol–water partition coefficient (Wildman–Crippen LogP) is 2.14. The second-order valence-electron chi connectivity index (χ2n) is 7.99. The van der Waals surface area contributed by atoms with Gasteiger partial charge in [0.05, 0.1) is 46.3 Å². The Hall–Kier alpha value is -3.09. The second kappa shape index (κ2) is 10.7. The summed E-state index contributed by atoms with van der Waals surface area (Å²) in [5.41, 5.74) is 1.70. The number of methoxy groups -OCH3 is 2. The Balaban J connectivity index is 1.57. The number of nitrogens with zero attached hydrogens (tertiary/aromatic N) is 7. The lowest BCUT2D eigenvalue weighted by molar-refractivity contribution is 0.121. The highest BCUT2D eigenvalue weighted by Gasteiger charge is 2.23. The molecule has 12 heteroatoms. The van der Waals surface area contributed by atoms with Crippen LogP contribution in [0.15, 0.2) is 29.3 Å². The van der Waals surface area contributed by atoms with E-state index in [4.69, 9.17) is 39.0 Å². The van der Waals surface area contributed by atoms with Gasteiger partial charge in [-0.05, 0) is 30.5 Å². The largest absolute Gasteiger partial charge is 0.493 e. The van der Waals surface area contributed by atoms with Gasteiger partial charge in [0.2, 0.25) is 11.9 Å². The molecule has 0 aliphatic carbocycles. The van der Waals surface area contributed by atoms with Gasteiger partial charge in [-0.3, -0.25) is 0 Å². The van der Waals surface area contributed by atoms with Crippen molar-refractivity contribution >= 4 is 23.7 Å². The highest BCUT2D eigenvalue weighted by Crippen LogP contribution is 2.33. The smallest absolute Gasteiger partial charge is 0.258 e. The van der Waals surface area contributed by atoms with Crippen LogP contribution in [0.3, 0.4) is 0 Å². The summed E-state index contributed by atoms with van der Waals surface area (Å²) in [6.45, 7) is 5.53. The van der Waals surface area contributed by atoms with Crippen molar-refractivity contribution in [2.24, 2.45) is 0 Å². The minimum atomic E-state index is 0.485. The molecule has 0 bridgehead atoms. The lowest BCUT2D eigenvalue weighted by Gasteiger charge is -2.30. The maximum Gasteiger partial charge on any atom is 0.258 e. The third-order valence-corrected chi connectivity index (χ3v) is 6.65. The summed E-state index contributed by atoms with van der Waals surface area (Å²) >= 11 is 1.58. The van der Waals surface area contributed by atoms with Crippen LogP contribution in [0.5, 0.6) is 11.5 Å². The monoisotopic (exact) mass is 499 g/mol. The molecule has 1 aromatic carbocycles. The Kier molecular flexibility index (Phi) is 7.21. The number of rotatable bonds is 7. The third-order valence-electron chi connectivity index (χ3n) is 5.94. The minimum Gasteiger partial charge on any atom is -0.493 e. The summed E-state index contributed by atoms with van der Waals surface area (Å²) < 4.78 is 23.7. The zero-order valence-electron chi connectivity index (χ0n) is 20.1. The summed E-state index contributed by atoms with van der Waals surface area (Å²) in [5, 5.41) is 5.80. The molecule has 0 amide bonds. The Morgan fingerprint density at radius 1 is 0.771 bits per heavy atom. The fourth-order valence-electron chi connectivity index (χ4n) is 4.04. The van der Waals surface area contributed by atoms with Crippen LogP contribution < -0.4 is 19.3 Å². The standard InChI is InChI=1S/C23H29N7O4S/c1-31-18-5-4-16(14-19(18)32-2)17-15-20(35-3)30(27-17)23-25-21(28-6-10-33-11-7-28)24-22(26-23)29-8-12-34-13-9-29/h4-5,14-15H,6-13H2,1-3H3. The molecule has 0 atom stereocenters. The molecule has 2 aliphatic rings. The number of hydrogen-bond donors (Lipinski definition) is 0. The van der Waals surface area contributed by atoms with E-state index in [2.05, 4.69) is 9.80 Å². The molecule has 4 heterocycles. The molecule has 11 nitrogen and oxygen atoms in total. The number of hydrogen-bond acceptors (Lipinski definition) is 11. The average molecular weight is 500 g/mol. The molecule has 0 radical (unpaired) electrons. The highest BCUT2D eigenvalue weighted by molar-refractivity contribution is 7.98. The molecule has 2 saturated heterocycles. The molecule has 5 rings (SSSR count). The number of ether oxygens (including phenoxy) is 4. The summed E-state index contributed by atoms with van der Waals surface area (Å²) in [4.78, 5) is 18.7. The zero-order chi connectivity index (χ0) is 24.2. The number of anilines is 2. The predicted molar refractivity (Wildman–Crippen MR) is 133 cm³/mol. The van der Waals surface area contributed by atoms with Crippen molar-refractivity contribution in [2.75, 3.05) is 82.9 Å². The molecule has 0 spiro atoms. The van der Waals surface area contributed by atoms with Crippen molar-refractivity contribution in [2.45, 2.75) is 5.03 Å². The molecule has 2 aliphatic heterocycles. The maximum absolute atomic E-state index is 5.53. The molecular formula is C23H29N7O4S. The van der Waals surface area contributed by atoms with Gasteiger partial charge in [0.15, 0.2) is 11.5 Å². The molecular weight excluding hydrogens is 470 g/mol. The average Bonchev–Trinajstić information content (AvgIpc) is 3.38. The number of benzene rings is 1. The molecule has 0 unspecified atom stereocenters. The maximum atomic E-state index is 5.53. The van der Waals surface area contributed by atoms with Crippen LogP contribution in [0, 0.1) is 0 Å². The molecule has 186 valence electrons. The van der Waals surface area contributed by atoms with Crippen LogP contribution >= 0.6 is 11.8 Å². The van der Waals surface area contributed by atoms with Gasteiger partial charge < -0.3 is 28.7 Å². The van der Waals surface area contributed by atoms with Crippen LogP contribution in [-0.2, 0) is 9.47 Å². The lowest BCUT2D eigenvalue weighted by Crippen LogP contribution is -2.40. The number of thioether (sulfide) groups is 1. The fraction of sp³-hybridized carbons (Fsp3) is 0.478. The summed E-state index contributed by atoms with van der Waals surface area (Å²) in [6.07, 6.45) is 2.01. The summed E-state index contributed by atoms with van der Waals surface area (Å²) in [6, 6.07) is 7.78. The van der Waals surface area contributed by atoms with E-state index < -0.39 is 0 Å². The van der Waals surface area contributed by atoms with Crippen LogP contribution in [0.4, 0.5) is 11.9 Å². The molecule has 3 aromatic rings. The quantitative estimate of drug-likeness (QED) is 0.447. The molecule has 2 aromatic heterocycles. The first-order valence-corrected chi connectivity index (χ1v) is 12.7. The summed E-state index contributed by atoms with van der Waals surface area (Å²) in [5.74, 6) is 3.07. The molecule has 35 heavy (non-hydrogen) atoms. The van der Waals surface area contributed by atoms with E-state index in [-0.39, 0.29) is 0 Å². The molecule has 2 fully saturated rings. The van der Waals surface area contributed by atoms with Gasteiger partial charge in [-0.2, -0.15) is 24.7 Å². The van der Waals surface area contributed by atoms with Crippen molar-refractivity contribution < 1.29 is 18.9 Å². The van der Waals surface area contributed by atoms with Gasteiger partial charge in [0.25, 0.3) is 5.95 Å². The van der Waals surface area contributed by atoms with Crippen LogP contribution in [0.25, 0.3) is 17.2 Å². The topological polar surface area (TPSA) is 99.9 Å². The Labute approximate surface area is 208 Å². The first-order chi connectivity index (χ1) is 17.2. The van der Waals surface area contributed by atoms with E-state index in [9.17, 15) is 0 Å². The third kappa shape index (κ3) is 5.00. The highest BCUT2D eigenvalue weighted by atomic mass is 32.2. The van der Waals surface area contributed by atoms with Crippen molar-refractivity contribution in [3.05, 3.63) is 24.3 Å². The molecule has 0 saturated carbocycles. The Morgan fingerprint density at radius 3 is 1.89 bits per heavy atom. The number of aromatic nitrogens is 5. The van der Waals surface area contributed by atoms with Gasteiger partial charge in [-0.1, -0.05) is 0 Å². The van der Waals surface area contributed by atoms with E-state index in [0.29, 0.717) is 55.8 Å². The van der Waals surface area contributed by atoms with Crippen molar-refractivity contribution in [1.29, 1.82) is 0 Å². The Morgan fingerprint density at radius 2 is 1.34 bits per heavy atom. The van der Waals surface area contributed by atoms with E-state index in [1.807, 2.05) is 30.5 Å². The van der Waals surface area contributed by atoms with Gasteiger partial charge in [0, 0.05) is 31.7 Å². The minimum absolute atomic E-state index is 0.485. The van der Waals surface area contributed by atoms with Crippen LogP contribution in [-0.4, -0.2) is 97.8 Å². The lowest BCUT2D eigenvalue weighted by atomic mass is 10.1. The van der Waals surface area contributed by atoms with E-state index in [1.54, 1.807) is 30.7 Å². The van der Waals surface area contributed by atoms with E-state index in [1.165, 1.54) is 0 Å². The Bertz CT molecular complexity index is 1130.